The summed E-state index contributed by atoms with van der Waals surface area (Å²) in [6, 6.07) is 0. The summed E-state index contributed by atoms with van der Waals surface area (Å²) in [6.45, 7) is 7.59. The lowest BCUT2D eigenvalue weighted by atomic mass is 9.45. The van der Waals surface area contributed by atoms with E-state index in [9.17, 15) is 0 Å². The molecule has 0 aromatic rings. The number of hydrogen-bond acceptors (Lipinski definition) is 2. The van der Waals surface area contributed by atoms with Crippen LogP contribution in [-0.2, 0) is 4.74 Å². The van der Waals surface area contributed by atoms with Crippen molar-refractivity contribution in [2.24, 2.45) is 23.2 Å². The molecule has 3 aliphatic carbocycles. The largest absolute Gasteiger partial charge is 0.487 e. The maximum absolute atomic E-state index is 5.41. The van der Waals surface area contributed by atoms with E-state index < -0.39 is 0 Å². The van der Waals surface area contributed by atoms with Crippen LogP contribution in [0, 0.1) is 23.2 Å². The van der Waals surface area contributed by atoms with E-state index >= 15 is 0 Å². The molecule has 0 spiro atoms. The normalized spacial score (nSPS) is 36.9. The zero-order chi connectivity index (χ0) is 11.1. The predicted octanol–water partition coefficient (Wildman–Crippen LogP) is 3.81. The van der Waals surface area contributed by atoms with Gasteiger partial charge >= 0.3 is 0 Å². The van der Waals surface area contributed by atoms with Gasteiger partial charge in [0.05, 0.1) is 6.61 Å². The molecular weight excluding hydrogens is 204 g/mol. The van der Waals surface area contributed by atoms with Crippen molar-refractivity contribution in [2.45, 2.75) is 46.5 Å². The van der Waals surface area contributed by atoms with Gasteiger partial charge in [0.2, 0.25) is 0 Å². The van der Waals surface area contributed by atoms with Crippen LogP contribution in [0.1, 0.15) is 46.5 Å². The third-order valence-corrected chi connectivity index (χ3v) is 4.91. The van der Waals surface area contributed by atoms with Crippen LogP contribution >= 0.6 is 12.2 Å². The highest BCUT2D eigenvalue weighted by atomic mass is 32.1. The Bertz CT molecular complexity index is 257. The van der Waals surface area contributed by atoms with Crippen molar-refractivity contribution in [3.8, 4) is 0 Å². The summed E-state index contributed by atoms with van der Waals surface area (Å²) < 4.78 is 5.41. The lowest BCUT2D eigenvalue weighted by Gasteiger charge is -2.60. The second-order valence-electron chi connectivity index (χ2n) is 5.83. The molecule has 3 aliphatic rings. The molecule has 0 aromatic carbocycles. The molecule has 0 heterocycles. The summed E-state index contributed by atoms with van der Waals surface area (Å²) in [4.78, 5) is 0. The Hall–Kier alpha value is -0.110. The van der Waals surface area contributed by atoms with Crippen LogP contribution in [-0.4, -0.2) is 11.7 Å². The standard InChI is InChI=1S/C13H22OS/c1-9(15)14-7-6-10-4-5-11-8-12(10)13(11,2)3/h10-12H,4-8H2,1-3H3/t10-,11-,12+/m0/s1. The lowest BCUT2D eigenvalue weighted by Crippen LogP contribution is -2.52. The molecule has 0 amide bonds. The molecular formula is C13H22OS. The predicted molar refractivity (Wildman–Crippen MR) is 66.9 cm³/mol. The van der Waals surface area contributed by atoms with Gasteiger partial charge in [0, 0.05) is 6.92 Å². The topological polar surface area (TPSA) is 9.23 Å². The second-order valence-corrected chi connectivity index (χ2v) is 6.40. The highest BCUT2D eigenvalue weighted by Crippen LogP contribution is 2.61. The van der Waals surface area contributed by atoms with Crippen LogP contribution in [0.4, 0.5) is 0 Å². The van der Waals surface area contributed by atoms with E-state index in [2.05, 4.69) is 13.8 Å². The summed E-state index contributed by atoms with van der Waals surface area (Å²) in [6.07, 6.45) is 5.52. The van der Waals surface area contributed by atoms with Crippen molar-refractivity contribution in [1.82, 2.24) is 0 Å². The first-order valence-corrected chi connectivity index (χ1v) is 6.56. The van der Waals surface area contributed by atoms with Crippen molar-refractivity contribution >= 4 is 17.3 Å². The van der Waals surface area contributed by atoms with Gasteiger partial charge in [0.25, 0.3) is 0 Å². The van der Waals surface area contributed by atoms with Gasteiger partial charge in [-0.15, -0.1) is 0 Å². The summed E-state index contributed by atoms with van der Waals surface area (Å²) >= 11 is 4.92. The molecule has 0 unspecified atom stereocenters. The fourth-order valence-electron chi connectivity index (χ4n) is 3.66. The Balaban J connectivity index is 1.81. The fourth-order valence-corrected chi connectivity index (χ4v) is 3.75. The Morgan fingerprint density at radius 3 is 2.67 bits per heavy atom. The van der Waals surface area contributed by atoms with Crippen molar-refractivity contribution in [2.75, 3.05) is 6.61 Å². The van der Waals surface area contributed by atoms with Crippen molar-refractivity contribution in [1.29, 1.82) is 0 Å². The first-order valence-electron chi connectivity index (χ1n) is 6.15. The van der Waals surface area contributed by atoms with Crippen molar-refractivity contribution in [3.05, 3.63) is 0 Å². The molecule has 3 saturated carbocycles. The first kappa shape index (κ1) is 11.4. The smallest absolute Gasteiger partial charge is 0.156 e. The summed E-state index contributed by atoms with van der Waals surface area (Å²) in [5, 5.41) is 0.691. The van der Waals surface area contributed by atoms with E-state index in [1.165, 1.54) is 25.7 Å². The molecule has 0 radical (unpaired) electrons. The molecule has 0 aromatic heterocycles. The summed E-state index contributed by atoms with van der Waals surface area (Å²) in [7, 11) is 0. The summed E-state index contributed by atoms with van der Waals surface area (Å²) in [5.41, 5.74) is 0.607. The van der Waals surface area contributed by atoms with Crippen LogP contribution in [0.5, 0.6) is 0 Å². The molecule has 3 atom stereocenters. The van der Waals surface area contributed by atoms with Gasteiger partial charge in [0.1, 0.15) is 0 Å². The number of ether oxygens (including phenoxy) is 1. The maximum Gasteiger partial charge on any atom is 0.156 e. The van der Waals surface area contributed by atoms with Crippen LogP contribution < -0.4 is 0 Å². The van der Waals surface area contributed by atoms with E-state index in [0.717, 1.165) is 24.4 Å². The molecule has 1 nitrogen and oxygen atoms in total. The van der Waals surface area contributed by atoms with Crippen LogP contribution in [0.2, 0.25) is 0 Å². The third kappa shape index (κ3) is 2.06. The molecule has 2 bridgehead atoms. The molecule has 15 heavy (non-hydrogen) atoms. The van der Waals surface area contributed by atoms with Gasteiger partial charge in [0.15, 0.2) is 5.05 Å². The van der Waals surface area contributed by atoms with E-state index in [-0.39, 0.29) is 0 Å². The third-order valence-electron chi connectivity index (χ3n) is 4.80. The quantitative estimate of drug-likeness (QED) is 0.677. The number of rotatable bonds is 3. The molecule has 0 aliphatic heterocycles. The average molecular weight is 226 g/mol. The summed E-state index contributed by atoms with van der Waals surface area (Å²) in [5.74, 6) is 2.84. The minimum Gasteiger partial charge on any atom is -0.487 e. The van der Waals surface area contributed by atoms with Gasteiger partial charge in [-0.25, -0.2) is 0 Å². The van der Waals surface area contributed by atoms with Crippen LogP contribution in [0.15, 0.2) is 0 Å². The highest BCUT2D eigenvalue weighted by molar-refractivity contribution is 7.80. The monoisotopic (exact) mass is 226 g/mol. The van der Waals surface area contributed by atoms with Gasteiger partial charge in [-0.05, 0) is 61.1 Å². The maximum atomic E-state index is 5.41. The lowest BCUT2D eigenvalue weighted by molar-refractivity contribution is -0.109. The molecule has 0 N–H and O–H groups in total. The van der Waals surface area contributed by atoms with Crippen LogP contribution in [0.3, 0.4) is 0 Å². The van der Waals surface area contributed by atoms with E-state index in [1.807, 2.05) is 6.92 Å². The van der Waals surface area contributed by atoms with Gasteiger partial charge in [-0.1, -0.05) is 13.8 Å². The zero-order valence-electron chi connectivity index (χ0n) is 10.1. The SMILES string of the molecule is CC(=S)OCC[C@@H]1CC[C@H]2C[C@H]1C2(C)C. The van der Waals surface area contributed by atoms with E-state index in [1.54, 1.807) is 0 Å². The number of fused-ring (bicyclic) bond motifs is 2. The second kappa shape index (κ2) is 4.04. The van der Waals surface area contributed by atoms with Gasteiger partial charge in [-0.2, -0.15) is 0 Å². The molecule has 3 fully saturated rings. The van der Waals surface area contributed by atoms with Crippen molar-refractivity contribution in [3.63, 3.8) is 0 Å². The Kier molecular flexibility index (Phi) is 3.07. The number of hydrogen-bond donors (Lipinski definition) is 0. The Morgan fingerprint density at radius 1 is 1.40 bits per heavy atom. The zero-order valence-corrected chi connectivity index (χ0v) is 10.9. The Labute approximate surface area is 98.6 Å². The van der Waals surface area contributed by atoms with Gasteiger partial charge in [-0.3, -0.25) is 0 Å². The minimum atomic E-state index is 0.607. The van der Waals surface area contributed by atoms with Crippen LogP contribution in [0.25, 0.3) is 0 Å². The average Bonchev–Trinajstić information content (AvgIpc) is 2.17. The molecule has 2 heteroatoms. The van der Waals surface area contributed by atoms with Crippen molar-refractivity contribution < 1.29 is 4.74 Å². The van der Waals surface area contributed by atoms with E-state index in [0.29, 0.717) is 10.5 Å². The molecule has 3 rings (SSSR count). The Morgan fingerprint density at radius 2 is 2.13 bits per heavy atom. The minimum absolute atomic E-state index is 0.607. The molecule has 86 valence electrons. The highest BCUT2D eigenvalue weighted by Gasteiger charge is 2.53. The van der Waals surface area contributed by atoms with Gasteiger partial charge < -0.3 is 4.74 Å². The molecule has 0 saturated heterocycles. The fraction of sp³-hybridized carbons (Fsp3) is 0.923. The first-order chi connectivity index (χ1) is 7.01. The number of thiocarbonyl (C=S) groups is 1. The van der Waals surface area contributed by atoms with E-state index in [4.69, 9.17) is 17.0 Å².